The number of rotatable bonds is 5. The Balaban J connectivity index is 1.50. The summed E-state index contributed by atoms with van der Waals surface area (Å²) in [5.41, 5.74) is 7.63. The van der Waals surface area contributed by atoms with Gasteiger partial charge in [-0.25, -0.2) is 8.51 Å². The Kier molecular flexibility index (Phi) is 6.91. The van der Waals surface area contributed by atoms with E-state index in [1.54, 1.807) is 6.26 Å². The molecule has 3 N–H and O–H groups in total. The van der Waals surface area contributed by atoms with E-state index in [2.05, 4.69) is 31.2 Å². The summed E-state index contributed by atoms with van der Waals surface area (Å²) < 4.78 is 13.4. The largest absolute Gasteiger partial charge is 0.388 e. The Hall–Kier alpha value is -1.28. The van der Waals surface area contributed by atoms with Crippen LogP contribution in [-0.4, -0.2) is 68.5 Å². The number of likely N-dealkylation sites (tertiary alicyclic amines) is 1. The van der Waals surface area contributed by atoms with Crippen LogP contribution >= 0.6 is 0 Å². The molecule has 0 aromatic heterocycles. The van der Waals surface area contributed by atoms with Crippen molar-refractivity contribution in [2.75, 3.05) is 32.4 Å². The SMILES string of the molecule is Cc1ccc(CC2CCN(C(=O)C(N)C3(O)CCN(S(C)=O)CC3)CC2)cc1. The van der Waals surface area contributed by atoms with Gasteiger partial charge in [0.2, 0.25) is 5.91 Å². The van der Waals surface area contributed by atoms with Crippen LogP contribution in [0, 0.1) is 12.8 Å². The van der Waals surface area contributed by atoms with E-state index in [9.17, 15) is 14.1 Å². The van der Waals surface area contributed by atoms with Gasteiger partial charge in [-0.3, -0.25) is 4.79 Å². The molecule has 0 saturated carbocycles. The zero-order chi connectivity index (χ0) is 20.3. The molecule has 1 aromatic carbocycles. The molecule has 1 amide bonds. The number of carbonyl (C=O) groups excluding carboxylic acids is 1. The molecule has 7 heteroatoms. The summed E-state index contributed by atoms with van der Waals surface area (Å²) in [6.07, 6.45) is 5.37. The minimum atomic E-state index is -1.20. The normalized spacial score (nSPS) is 23.4. The van der Waals surface area contributed by atoms with Crippen LogP contribution in [-0.2, 0) is 22.2 Å². The standard InChI is InChI=1S/C21H33N3O3S/c1-16-3-5-17(6-4-16)15-18-7-11-23(12-8-18)20(25)19(22)21(26)9-13-24(14-10-21)28(2)27/h3-6,18-19,26H,7-15,22H2,1-2H3. The number of amides is 1. The Morgan fingerprint density at radius 2 is 1.79 bits per heavy atom. The quantitative estimate of drug-likeness (QED) is 0.768. The molecular formula is C21H33N3O3S. The van der Waals surface area contributed by atoms with E-state index >= 15 is 0 Å². The minimum absolute atomic E-state index is 0.151. The lowest BCUT2D eigenvalue weighted by Gasteiger charge is -2.42. The topological polar surface area (TPSA) is 86.9 Å². The van der Waals surface area contributed by atoms with Crippen LogP contribution in [0.3, 0.4) is 0 Å². The summed E-state index contributed by atoms with van der Waals surface area (Å²) in [4.78, 5) is 14.7. The third-order valence-electron chi connectivity index (χ3n) is 6.37. The van der Waals surface area contributed by atoms with Gasteiger partial charge in [0.25, 0.3) is 0 Å². The molecule has 0 bridgehead atoms. The lowest BCUT2D eigenvalue weighted by Crippen LogP contribution is -2.61. The van der Waals surface area contributed by atoms with Crippen molar-refractivity contribution in [2.24, 2.45) is 11.7 Å². The molecule has 2 heterocycles. The molecule has 2 fully saturated rings. The van der Waals surface area contributed by atoms with Crippen molar-refractivity contribution in [2.45, 2.75) is 50.7 Å². The number of piperidine rings is 2. The van der Waals surface area contributed by atoms with E-state index in [0.717, 1.165) is 19.3 Å². The Bertz CT molecular complexity index is 693. The third kappa shape index (κ3) is 5.00. The van der Waals surface area contributed by atoms with E-state index in [1.165, 1.54) is 11.1 Å². The van der Waals surface area contributed by atoms with Gasteiger partial charge in [-0.15, -0.1) is 0 Å². The maximum atomic E-state index is 12.9. The monoisotopic (exact) mass is 407 g/mol. The van der Waals surface area contributed by atoms with E-state index in [0.29, 0.717) is 44.9 Å². The molecule has 156 valence electrons. The van der Waals surface area contributed by atoms with Crippen LogP contribution in [0.4, 0.5) is 0 Å². The first-order valence-corrected chi connectivity index (χ1v) is 11.7. The molecule has 2 saturated heterocycles. The maximum absolute atomic E-state index is 12.9. The molecule has 1 aromatic rings. The van der Waals surface area contributed by atoms with Gasteiger partial charge in [-0.05, 0) is 50.5 Å². The van der Waals surface area contributed by atoms with Crippen molar-refractivity contribution in [1.82, 2.24) is 9.21 Å². The van der Waals surface area contributed by atoms with E-state index in [1.807, 2.05) is 9.21 Å². The summed E-state index contributed by atoms with van der Waals surface area (Å²) >= 11 is 0. The number of nitrogens with zero attached hydrogens (tertiary/aromatic N) is 2. The summed E-state index contributed by atoms with van der Waals surface area (Å²) in [7, 11) is -1.05. The summed E-state index contributed by atoms with van der Waals surface area (Å²) in [5, 5.41) is 10.9. The lowest BCUT2D eigenvalue weighted by molar-refractivity contribution is -0.142. The number of hydrogen-bond acceptors (Lipinski definition) is 4. The number of aryl methyl sites for hydroxylation is 1. The van der Waals surface area contributed by atoms with Crippen LogP contribution < -0.4 is 5.73 Å². The van der Waals surface area contributed by atoms with E-state index in [4.69, 9.17) is 5.73 Å². The predicted molar refractivity (Wildman–Crippen MR) is 112 cm³/mol. The molecule has 0 aliphatic carbocycles. The first kappa shape index (κ1) is 21.4. The number of hydrogen-bond donors (Lipinski definition) is 2. The first-order valence-electron chi connectivity index (χ1n) is 10.2. The number of carbonyl (C=O) groups is 1. The molecule has 0 spiro atoms. The highest BCUT2D eigenvalue weighted by atomic mass is 32.2. The third-order valence-corrected chi connectivity index (χ3v) is 7.46. The summed E-state index contributed by atoms with van der Waals surface area (Å²) in [6, 6.07) is 7.76. The second kappa shape index (κ2) is 9.03. The molecule has 3 rings (SSSR count). The summed E-state index contributed by atoms with van der Waals surface area (Å²) in [5.74, 6) is 0.427. The highest BCUT2D eigenvalue weighted by Crippen LogP contribution is 2.28. The van der Waals surface area contributed by atoms with Gasteiger partial charge in [0.1, 0.15) is 6.04 Å². The van der Waals surface area contributed by atoms with Gasteiger partial charge in [0, 0.05) is 32.4 Å². The Morgan fingerprint density at radius 1 is 1.21 bits per heavy atom. The van der Waals surface area contributed by atoms with Crippen molar-refractivity contribution in [3.05, 3.63) is 35.4 Å². The molecule has 2 aliphatic rings. The van der Waals surface area contributed by atoms with Gasteiger partial charge < -0.3 is 15.7 Å². The van der Waals surface area contributed by atoms with Crippen molar-refractivity contribution >= 4 is 16.9 Å². The van der Waals surface area contributed by atoms with Crippen LogP contribution in [0.25, 0.3) is 0 Å². The Morgan fingerprint density at radius 3 is 2.32 bits per heavy atom. The van der Waals surface area contributed by atoms with Gasteiger partial charge >= 0.3 is 0 Å². The van der Waals surface area contributed by atoms with Crippen molar-refractivity contribution < 1.29 is 14.1 Å². The first-order chi connectivity index (χ1) is 13.3. The second-order valence-electron chi connectivity index (χ2n) is 8.39. The number of aliphatic hydroxyl groups is 1. The fraction of sp³-hybridized carbons (Fsp3) is 0.667. The summed E-state index contributed by atoms with van der Waals surface area (Å²) in [6.45, 7) is 4.49. The number of nitrogens with two attached hydrogens (primary N) is 1. The lowest BCUT2D eigenvalue weighted by atomic mass is 9.83. The smallest absolute Gasteiger partial charge is 0.242 e. The van der Waals surface area contributed by atoms with Gasteiger partial charge in [0.05, 0.1) is 16.6 Å². The molecule has 2 atom stereocenters. The average molecular weight is 408 g/mol. The minimum Gasteiger partial charge on any atom is -0.388 e. The van der Waals surface area contributed by atoms with Gasteiger partial charge in [0.15, 0.2) is 0 Å². The molecule has 6 nitrogen and oxygen atoms in total. The fourth-order valence-electron chi connectivity index (χ4n) is 4.28. The molecule has 2 unspecified atom stereocenters. The fourth-order valence-corrected chi connectivity index (χ4v) is 4.98. The van der Waals surface area contributed by atoms with Gasteiger partial charge in [-0.2, -0.15) is 0 Å². The van der Waals surface area contributed by atoms with E-state index in [-0.39, 0.29) is 5.91 Å². The maximum Gasteiger partial charge on any atom is 0.242 e. The van der Waals surface area contributed by atoms with Crippen LogP contribution in [0.2, 0.25) is 0 Å². The van der Waals surface area contributed by atoms with Crippen molar-refractivity contribution in [3.8, 4) is 0 Å². The molecule has 0 radical (unpaired) electrons. The highest BCUT2D eigenvalue weighted by Gasteiger charge is 2.43. The molecule has 28 heavy (non-hydrogen) atoms. The number of benzene rings is 1. The zero-order valence-corrected chi connectivity index (χ0v) is 17.8. The van der Waals surface area contributed by atoms with Crippen LogP contribution in [0.1, 0.15) is 36.8 Å². The van der Waals surface area contributed by atoms with E-state index < -0.39 is 22.6 Å². The Labute approximate surface area is 170 Å². The van der Waals surface area contributed by atoms with Crippen LogP contribution in [0.5, 0.6) is 0 Å². The average Bonchev–Trinajstić information content (AvgIpc) is 2.69. The molecular weight excluding hydrogens is 374 g/mol. The second-order valence-corrected chi connectivity index (χ2v) is 9.76. The predicted octanol–water partition coefficient (Wildman–Crippen LogP) is 1.22. The zero-order valence-electron chi connectivity index (χ0n) is 17.0. The van der Waals surface area contributed by atoms with Crippen molar-refractivity contribution in [3.63, 3.8) is 0 Å². The molecule has 2 aliphatic heterocycles. The van der Waals surface area contributed by atoms with Gasteiger partial charge in [-0.1, -0.05) is 29.8 Å². The highest BCUT2D eigenvalue weighted by molar-refractivity contribution is 7.81. The van der Waals surface area contributed by atoms with Crippen molar-refractivity contribution in [1.29, 1.82) is 0 Å². The van der Waals surface area contributed by atoms with Crippen LogP contribution in [0.15, 0.2) is 24.3 Å².